The van der Waals surface area contributed by atoms with E-state index in [0.29, 0.717) is 52.1 Å². The van der Waals surface area contributed by atoms with E-state index in [9.17, 15) is 19.2 Å². The van der Waals surface area contributed by atoms with Crippen LogP contribution in [0.2, 0.25) is 0 Å². The van der Waals surface area contributed by atoms with Crippen molar-refractivity contribution in [3.05, 3.63) is 0 Å². The Morgan fingerprint density at radius 3 is 0.977 bits per heavy atom. The van der Waals surface area contributed by atoms with E-state index in [1.165, 1.54) is 0 Å². The molecule has 0 radical (unpaired) electrons. The fourth-order valence-corrected chi connectivity index (χ4v) is 6.38. The maximum atomic E-state index is 12.8. The van der Waals surface area contributed by atoms with Crippen LogP contribution in [-0.2, 0) is 47.6 Å². The molecule has 0 spiro atoms. The number of esters is 4. The van der Waals surface area contributed by atoms with Crippen molar-refractivity contribution in [1.29, 1.82) is 0 Å². The normalized spacial score (nSPS) is 30.4. The first-order valence-corrected chi connectivity index (χ1v) is 16.9. The van der Waals surface area contributed by atoms with Gasteiger partial charge in [-0.1, -0.05) is 58.8 Å². The van der Waals surface area contributed by atoms with Crippen LogP contribution in [0.15, 0.2) is 0 Å². The number of carbonyl (C=O) groups excluding carboxylic acids is 4. The van der Waals surface area contributed by atoms with Crippen molar-refractivity contribution in [2.75, 3.05) is 26.4 Å². The van der Waals surface area contributed by atoms with Gasteiger partial charge in [0.1, 0.15) is 0 Å². The second kappa shape index (κ2) is 17.3. The van der Waals surface area contributed by atoms with E-state index in [0.717, 1.165) is 70.6 Å². The molecule has 4 fully saturated rings. The third-order valence-corrected chi connectivity index (χ3v) is 9.26. The van der Waals surface area contributed by atoms with Crippen LogP contribution >= 0.6 is 0 Å². The Bertz CT molecular complexity index is 849. The van der Waals surface area contributed by atoms with Crippen LogP contribution in [0.4, 0.5) is 0 Å². The zero-order valence-electron chi connectivity index (χ0n) is 26.1. The smallest absolute Gasteiger partial charge is 0.309 e. The highest BCUT2D eigenvalue weighted by Gasteiger charge is 2.54. The van der Waals surface area contributed by atoms with Crippen molar-refractivity contribution >= 4 is 23.9 Å². The van der Waals surface area contributed by atoms with E-state index >= 15 is 0 Å². The van der Waals surface area contributed by atoms with E-state index in [2.05, 4.69) is 0 Å². The lowest BCUT2D eigenvalue weighted by molar-refractivity contribution is -0.162. The number of hydrogen-bond acceptors (Lipinski definition) is 10. The minimum atomic E-state index is -0.477. The SMILES string of the molecule is CCCCOC(=O)C1CC2OC2CC1C(=O)OCCCCCCCCCOC(=O)C1CC2OC2CC1C(=O)OCCCC. The van der Waals surface area contributed by atoms with Gasteiger partial charge in [0.25, 0.3) is 0 Å². The van der Waals surface area contributed by atoms with E-state index in [1.807, 2.05) is 13.8 Å². The minimum absolute atomic E-state index is 0.0733. The predicted molar refractivity (Wildman–Crippen MR) is 156 cm³/mol. The standard InChI is InChI=1S/C33H52O10/c1-3-5-14-38-30(34)22-18-26-28(42-26)20-24(22)32(36)40-16-12-10-8-7-9-11-13-17-41-33(37)25-21-29-27(43-29)19-23(25)31(35)39-15-6-4-2/h22-29H,3-21H2,1-2H3. The highest BCUT2D eigenvalue weighted by atomic mass is 16.6. The molecule has 0 amide bonds. The monoisotopic (exact) mass is 608 g/mol. The Morgan fingerprint density at radius 2 is 0.698 bits per heavy atom. The number of carbonyl (C=O) groups is 4. The van der Waals surface area contributed by atoms with Crippen LogP contribution in [0.3, 0.4) is 0 Å². The van der Waals surface area contributed by atoms with Gasteiger partial charge in [0.2, 0.25) is 0 Å². The van der Waals surface area contributed by atoms with Crippen LogP contribution in [0.1, 0.15) is 110 Å². The maximum Gasteiger partial charge on any atom is 0.309 e. The summed E-state index contributed by atoms with van der Waals surface area (Å²) in [5.41, 5.74) is 0. The molecule has 2 saturated carbocycles. The molecule has 0 aromatic rings. The third-order valence-electron chi connectivity index (χ3n) is 9.26. The Labute approximate surface area is 256 Å². The van der Waals surface area contributed by atoms with Gasteiger partial charge in [0.05, 0.1) is 74.5 Å². The van der Waals surface area contributed by atoms with Crippen molar-refractivity contribution in [2.45, 2.75) is 135 Å². The topological polar surface area (TPSA) is 130 Å². The fraction of sp³-hybridized carbons (Fsp3) is 0.879. The first-order valence-electron chi connectivity index (χ1n) is 16.9. The molecule has 0 aromatic heterocycles. The van der Waals surface area contributed by atoms with Gasteiger partial charge in [-0.05, 0) is 51.4 Å². The lowest BCUT2D eigenvalue weighted by atomic mass is 9.79. The Hall–Kier alpha value is -2.20. The molecule has 10 heteroatoms. The van der Waals surface area contributed by atoms with Gasteiger partial charge in [0, 0.05) is 0 Å². The molecular formula is C33H52O10. The molecule has 2 aliphatic carbocycles. The van der Waals surface area contributed by atoms with Gasteiger partial charge in [0.15, 0.2) is 0 Å². The number of rotatable bonds is 20. The summed E-state index contributed by atoms with van der Waals surface area (Å²) in [5.74, 6) is -3.11. The molecular weight excluding hydrogens is 556 g/mol. The van der Waals surface area contributed by atoms with Crippen LogP contribution in [0, 0.1) is 23.7 Å². The van der Waals surface area contributed by atoms with Crippen molar-refractivity contribution in [2.24, 2.45) is 23.7 Å². The van der Waals surface area contributed by atoms with Gasteiger partial charge in [-0.15, -0.1) is 0 Å². The van der Waals surface area contributed by atoms with Gasteiger partial charge in [-0.3, -0.25) is 19.2 Å². The van der Waals surface area contributed by atoms with Crippen molar-refractivity contribution in [3.63, 3.8) is 0 Å². The lowest BCUT2D eigenvalue weighted by Gasteiger charge is -2.26. The van der Waals surface area contributed by atoms with E-state index in [-0.39, 0.29) is 48.3 Å². The molecule has 2 heterocycles. The molecule has 43 heavy (non-hydrogen) atoms. The molecule has 2 aliphatic heterocycles. The number of unbranched alkanes of at least 4 members (excludes halogenated alkanes) is 8. The highest BCUT2D eigenvalue weighted by Crippen LogP contribution is 2.45. The summed E-state index contributed by atoms with van der Waals surface area (Å²) in [4.78, 5) is 50.6. The summed E-state index contributed by atoms with van der Waals surface area (Å²) in [5, 5.41) is 0. The van der Waals surface area contributed by atoms with Gasteiger partial charge >= 0.3 is 23.9 Å². The highest BCUT2D eigenvalue weighted by molar-refractivity contribution is 5.83. The van der Waals surface area contributed by atoms with Crippen LogP contribution in [0.5, 0.6) is 0 Å². The predicted octanol–water partition coefficient (Wildman–Crippen LogP) is 5.08. The number of ether oxygens (including phenoxy) is 6. The summed E-state index contributed by atoms with van der Waals surface area (Å²) in [7, 11) is 0. The first kappa shape index (κ1) is 33.7. The molecule has 4 aliphatic rings. The number of hydrogen-bond donors (Lipinski definition) is 0. The van der Waals surface area contributed by atoms with E-state index < -0.39 is 23.7 Å². The second-order valence-corrected chi connectivity index (χ2v) is 12.6. The molecule has 4 rings (SSSR count). The Balaban J connectivity index is 1.01. The van der Waals surface area contributed by atoms with Crippen LogP contribution < -0.4 is 0 Å². The summed E-state index contributed by atoms with van der Waals surface area (Å²) < 4.78 is 33.1. The van der Waals surface area contributed by atoms with E-state index in [1.54, 1.807) is 0 Å². The average molecular weight is 609 g/mol. The number of epoxide rings is 2. The molecule has 8 atom stereocenters. The molecule has 0 bridgehead atoms. The molecule has 0 aromatic carbocycles. The quantitative estimate of drug-likeness (QED) is 0.0798. The van der Waals surface area contributed by atoms with Gasteiger partial charge < -0.3 is 28.4 Å². The first-order chi connectivity index (χ1) is 20.9. The average Bonchev–Trinajstić information content (AvgIpc) is 3.93. The van der Waals surface area contributed by atoms with Gasteiger partial charge in [-0.25, -0.2) is 0 Å². The summed E-state index contributed by atoms with van der Waals surface area (Å²) in [6, 6.07) is 0. The minimum Gasteiger partial charge on any atom is -0.465 e. The van der Waals surface area contributed by atoms with E-state index in [4.69, 9.17) is 28.4 Å². The third kappa shape index (κ3) is 10.4. The van der Waals surface area contributed by atoms with Gasteiger partial charge in [-0.2, -0.15) is 0 Å². The van der Waals surface area contributed by atoms with Crippen molar-refractivity contribution < 1.29 is 47.6 Å². The number of fused-ring (bicyclic) bond motifs is 2. The van der Waals surface area contributed by atoms with Crippen molar-refractivity contribution in [1.82, 2.24) is 0 Å². The maximum absolute atomic E-state index is 12.8. The zero-order chi connectivity index (χ0) is 30.6. The summed E-state index contributed by atoms with van der Waals surface area (Å²) in [6.07, 6.45) is 12.6. The molecule has 2 saturated heterocycles. The molecule has 8 unspecified atom stereocenters. The summed E-state index contributed by atoms with van der Waals surface area (Å²) >= 11 is 0. The van der Waals surface area contributed by atoms with Crippen molar-refractivity contribution in [3.8, 4) is 0 Å². The molecule has 0 N–H and O–H groups in total. The Morgan fingerprint density at radius 1 is 0.442 bits per heavy atom. The molecule has 244 valence electrons. The second-order valence-electron chi connectivity index (χ2n) is 12.6. The summed E-state index contributed by atoms with van der Waals surface area (Å²) in [6.45, 7) is 5.58. The largest absolute Gasteiger partial charge is 0.465 e. The Kier molecular flexibility index (Phi) is 13.6. The molecule has 10 nitrogen and oxygen atoms in total. The fourth-order valence-electron chi connectivity index (χ4n) is 6.38. The van der Waals surface area contributed by atoms with Crippen LogP contribution in [-0.4, -0.2) is 74.7 Å². The zero-order valence-corrected chi connectivity index (χ0v) is 26.1. The van der Waals surface area contributed by atoms with Crippen LogP contribution in [0.25, 0.3) is 0 Å². The lowest BCUT2D eigenvalue weighted by Crippen LogP contribution is -2.37.